The average molecular weight is 394 g/mol. The minimum atomic E-state index is -4.27. The Kier molecular flexibility index (Phi) is 6.84. The van der Waals surface area contributed by atoms with Gasteiger partial charge in [0.15, 0.2) is 0 Å². The van der Waals surface area contributed by atoms with Crippen molar-refractivity contribution in [3.63, 3.8) is 0 Å². The van der Waals surface area contributed by atoms with E-state index in [9.17, 15) is 18.0 Å². The molecule has 0 aliphatic heterocycles. The van der Waals surface area contributed by atoms with Crippen molar-refractivity contribution in [2.45, 2.75) is 76.0 Å². The number of benzene rings is 1. The summed E-state index contributed by atoms with van der Waals surface area (Å²) >= 11 is 0. The molecule has 1 aromatic carbocycles. The molecule has 0 aromatic heterocycles. The molecule has 2 fully saturated rings. The van der Waals surface area contributed by atoms with Gasteiger partial charge >= 0.3 is 12.1 Å². The second-order valence-corrected chi connectivity index (χ2v) is 8.25. The molecule has 2 aliphatic rings. The summed E-state index contributed by atoms with van der Waals surface area (Å²) in [5, 5.41) is 0. The van der Waals surface area contributed by atoms with E-state index in [0.29, 0.717) is 17.8 Å². The summed E-state index contributed by atoms with van der Waals surface area (Å²) in [7, 11) is 0. The van der Waals surface area contributed by atoms with Gasteiger partial charge in [-0.2, -0.15) is 13.2 Å². The molecule has 28 heavy (non-hydrogen) atoms. The molecular weight excluding hydrogens is 365 g/mol. The molecule has 0 N–H and O–H groups in total. The predicted molar refractivity (Wildman–Crippen MR) is 103 cm³/mol. The number of ether oxygens (including phenoxy) is 1. The molecular formula is C23H29F3O2. The average Bonchev–Trinajstić information content (AvgIpc) is 2.68. The molecule has 154 valence electrons. The second-order valence-electron chi connectivity index (χ2n) is 8.25. The first-order valence-corrected chi connectivity index (χ1v) is 10.3. The van der Waals surface area contributed by atoms with E-state index in [-0.39, 0.29) is 18.5 Å². The van der Waals surface area contributed by atoms with E-state index < -0.39 is 11.7 Å². The second kappa shape index (κ2) is 9.15. The van der Waals surface area contributed by atoms with Gasteiger partial charge in [-0.15, -0.1) is 6.58 Å². The third-order valence-electron chi connectivity index (χ3n) is 6.48. The van der Waals surface area contributed by atoms with Crippen LogP contribution in [0.2, 0.25) is 0 Å². The van der Waals surface area contributed by atoms with Crippen LogP contribution in [0.25, 0.3) is 0 Å². The number of halogens is 3. The Morgan fingerprint density at radius 2 is 1.50 bits per heavy atom. The molecule has 0 saturated heterocycles. The minimum Gasteiger partial charge on any atom is -0.462 e. The summed E-state index contributed by atoms with van der Waals surface area (Å²) in [6, 6.07) is 5.71. The van der Waals surface area contributed by atoms with Crippen LogP contribution in [-0.4, -0.2) is 12.1 Å². The summed E-state index contributed by atoms with van der Waals surface area (Å²) in [4.78, 5) is 11.6. The minimum absolute atomic E-state index is 0.0483. The summed E-state index contributed by atoms with van der Waals surface area (Å²) in [5.74, 6) is 1.56. The number of alkyl halides is 3. The number of carbonyl (C=O) groups excluding carboxylic acids is 1. The van der Waals surface area contributed by atoms with E-state index >= 15 is 0 Å². The highest BCUT2D eigenvalue weighted by Gasteiger charge is 2.33. The Bertz CT molecular complexity index is 649. The first kappa shape index (κ1) is 20.9. The summed E-state index contributed by atoms with van der Waals surface area (Å²) in [6.07, 6.45) is 6.06. The van der Waals surface area contributed by atoms with Gasteiger partial charge in [0.2, 0.25) is 0 Å². The van der Waals surface area contributed by atoms with Crippen molar-refractivity contribution in [3.05, 3.63) is 48.0 Å². The number of hydrogen-bond donors (Lipinski definition) is 0. The molecule has 3 rings (SSSR count). The Morgan fingerprint density at radius 3 is 2.00 bits per heavy atom. The van der Waals surface area contributed by atoms with Crippen LogP contribution in [0.1, 0.15) is 74.8 Å². The quantitative estimate of drug-likeness (QED) is 0.412. The largest absolute Gasteiger partial charge is 0.462 e. The highest BCUT2D eigenvalue weighted by atomic mass is 19.4. The molecule has 0 radical (unpaired) electrons. The van der Waals surface area contributed by atoms with Crippen molar-refractivity contribution in [1.29, 1.82) is 0 Å². The monoisotopic (exact) mass is 394 g/mol. The molecule has 0 heterocycles. The van der Waals surface area contributed by atoms with Gasteiger partial charge in [0, 0.05) is 0 Å². The van der Waals surface area contributed by atoms with E-state index in [1.807, 2.05) is 0 Å². The molecule has 0 spiro atoms. The summed E-state index contributed by atoms with van der Waals surface area (Å²) < 4.78 is 43.7. The molecule has 2 saturated carbocycles. The predicted octanol–water partition coefficient (Wildman–Crippen LogP) is 6.66. The van der Waals surface area contributed by atoms with Gasteiger partial charge in [0.25, 0.3) is 0 Å². The van der Waals surface area contributed by atoms with Crippen molar-refractivity contribution in [2.24, 2.45) is 11.8 Å². The summed E-state index contributed by atoms with van der Waals surface area (Å²) in [5.41, 5.74) is 0.458. The fourth-order valence-electron chi connectivity index (χ4n) is 4.90. The Hall–Kier alpha value is -1.78. The molecule has 0 atom stereocenters. The number of rotatable bonds is 5. The van der Waals surface area contributed by atoms with Gasteiger partial charge < -0.3 is 4.74 Å². The van der Waals surface area contributed by atoms with Gasteiger partial charge in [0.05, 0.1) is 12.0 Å². The Balaban J connectivity index is 1.44. The van der Waals surface area contributed by atoms with Gasteiger partial charge in [-0.1, -0.05) is 18.2 Å². The van der Waals surface area contributed by atoms with E-state index in [2.05, 4.69) is 6.58 Å². The normalized spacial score (nSPS) is 28.5. The number of hydrogen-bond acceptors (Lipinski definition) is 2. The maximum atomic E-state index is 12.7. The Labute approximate surface area is 165 Å². The lowest BCUT2D eigenvalue weighted by atomic mass is 9.69. The van der Waals surface area contributed by atoms with Crippen molar-refractivity contribution >= 4 is 5.97 Å². The van der Waals surface area contributed by atoms with Crippen LogP contribution in [0.5, 0.6) is 0 Å². The van der Waals surface area contributed by atoms with Crippen LogP contribution < -0.4 is 0 Å². The first-order chi connectivity index (χ1) is 13.4. The third-order valence-corrected chi connectivity index (χ3v) is 6.48. The fourth-order valence-corrected chi connectivity index (χ4v) is 4.90. The van der Waals surface area contributed by atoms with Crippen LogP contribution in [0.3, 0.4) is 0 Å². The Morgan fingerprint density at radius 1 is 0.964 bits per heavy atom. The highest BCUT2D eigenvalue weighted by molar-refractivity contribution is 5.71. The van der Waals surface area contributed by atoms with Gasteiger partial charge in [-0.05, 0) is 86.8 Å². The lowest BCUT2D eigenvalue weighted by molar-refractivity contribution is -0.150. The molecule has 1 aromatic rings. The van der Waals surface area contributed by atoms with Crippen LogP contribution >= 0.6 is 0 Å². The molecule has 0 unspecified atom stereocenters. The van der Waals surface area contributed by atoms with E-state index in [1.54, 1.807) is 18.2 Å². The van der Waals surface area contributed by atoms with E-state index in [4.69, 9.17) is 4.74 Å². The molecule has 0 amide bonds. The van der Waals surface area contributed by atoms with Gasteiger partial charge in [-0.25, -0.2) is 0 Å². The zero-order valence-electron chi connectivity index (χ0n) is 16.2. The van der Waals surface area contributed by atoms with Crippen molar-refractivity contribution in [2.75, 3.05) is 0 Å². The fraction of sp³-hybridized carbons (Fsp3) is 0.609. The number of carbonyl (C=O) groups is 1. The maximum absolute atomic E-state index is 12.7. The lowest BCUT2D eigenvalue weighted by Gasteiger charge is -2.37. The first-order valence-electron chi connectivity index (χ1n) is 10.3. The van der Waals surface area contributed by atoms with E-state index in [1.165, 1.54) is 12.1 Å². The van der Waals surface area contributed by atoms with Crippen molar-refractivity contribution < 1.29 is 22.7 Å². The van der Waals surface area contributed by atoms with Gasteiger partial charge in [-0.3, -0.25) is 4.79 Å². The maximum Gasteiger partial charge on any atom is 0.416 e. The molecule has 5 heteroatoms. The smallest absolute Gasteiger partial charge is 0.416 e. The SMILES string of the molecule is C=CCC(=O)O[C@H]1CC[C@H]([C@H]2CC[C@H](c3ccc(C(F)(F)F)cc3)CC2)CC1. The van der Waals surface area contributed by atoms with Crippen molar-refractivity contribution in [1.82, 2.24) is 0 Å². The van der Waals surface area contributed by atoms with Gasteiger partial charge in [0.1, 0.15) is 6.10 Å². The van der Waals surface area contributed by atoms with Crippen LogP contribution in [0.4, 0.5) is 13.2 Å². The topological polar surface area (TPSA) is 26.3 Å². The van der Waals surface area contributed by atoms with Crippen LogP contribution in [0, 0.1) is 11.8 Å². The van der Waals surface area contributed by atoms with E-state index in [0.717, 1.165) is 56.9 Å². The highest BCUT2D eigenvalue weighted by Crippen LogP contribution is 2.43. The third kappa shape index (κ3) is 5.39. The zero-order chi connectivity index (χ0) is 20.1. The standard InChI is InChI=1S/C23H29F3O2/c1-2-3-22(27)28-21-14-10-19(11-15-21)17-6-4-16(5-7-17)18-8-12-20(13-9-18)23(24,25)26/h2,8-9,12-13,16-17,19,21H,1,3-7,10-11,14-15H2/t16-,17-,19-,21-. The number of esters is 1. The van der Waals surface area contributed by atoms with Crippen LogP contribution in [0.15, 0.2) is 36.9 Å². The lowest BCUT2D eigenvalue weighted by Crippen LogP contribution is -2.29. The molecule has 2 aliphatic carbocycles. The van der Waals surface area contributed by atoms with Crippen LogP contribution in [-0.2, 0) is 15.7 Å². The summed E-state index contributed by atoms with van der Waals surface area (Å²) in [6.45, 7) is 3.56. The van der Waals surface area contributed by atoms with Crippen molar-refractivity contribution in [3.8, 4) is 0 Å². The zero-order valence-corrected chi connectivity index (χ0v) is 16.2. The molecule has 0 bridgehead atoms. The molecule has 2 nitrogen and oxygen atoms in total.